The van der Waals surface area contributed by atoms with Crippen LogP contribution in [0.2, 0.25) is 0 Å². The highest BCUT2D eigenvalue weighted by molar-refractivity contribution is 5.89. The van der Waals surface area contributed by atoms with Gasteiger partial charge in [0.2, 0.25) is 11.4 Å². The Morgan fingerprint density at radius 3 is 1.49 bits per heavy atom. The molecule has 0 aliphatic carbocycles. The van der Waals surface area contributed by atoms with Gasteiger partial charge in [0.15, 0.2) is 0 Å². The van der Waals surface area contributed by atoms with Gasteiger partial charge in [-0.25, -0.2) is 19.9 Å². The van der Waals surface area contributed by atoms with E-state index in [4.69, 9.17) is 19.7 Å². The Bertz CT molecular complexity index is 1340. The largest absolute Gasteiger partial charge is 0.509 e. The third-order valence-electron chi connectivity index (χ3n) is 5.21. The number of hydrogen-bond donors (Lipinski definition) is 3. The number of esters is 2. The smallest absolute Gasteiger partial charge is 0.452 e. The van der Waals surface area contributed by atoms with E-state index in [1.807, 2.05) is 62.4 Å². The number of amides is 1. The number of aliphatic hydroxyl groups excluding tert-OH is 2. The van der Waals surface area contributed by atoms with Crippen LogP contribution in [0.3, 0.4) is 0 Å². The highest BCUT2D eigenvalue weighted by Gasteiger charge is 2.20. The number of ether oxygens (including phenoxy) is 3. The molecule has 0 fully saturated rings. The highest BCUT2D eigenvalue weighted by Crippen LogP contribution is 2.16. The van der Waals surface area contributed by atoms with Gasteiger partial charge < -0.3 is 24.4 Å². The summed E-state index contributed by atoms with van der Waals surface area (Å²) < 4.78 is 14.5. The number of nitrogens with one attached hydrogen (secondary N) is 1. The van der Waals surface area contributed by atoms with Gasteiger partial charge in [-0.3, -0.25) is 0 Å². The molecule has 2 rings (SSSR count). The van der Waals surface area contributed by atoms with Crippen LogP contribution in [0.4, 0.5) is 4.79 Å². The molecule has 0 bridgehead atoms. The van der Waals surface area contributed by atoms with Crippen molar-refractivity contribution < 1.29 is 38.8 Å². The van der Waals surface area contributed by atoms with Gasteiger partial charge in [-0.1, -0.05) is 64.8 Å². The number of carbonyl (C=O) groups is 3. The number of hydrogen-bond acceptors (Lipinski definition) is 11. The normalized spacial score (nSPS) is 12.3. The lowest BCUT2D eigenvalue weighted by Gasteiger charge is -2.16. The van der Waals surface area contributed by atoms with Crippen LogP contribution in [0.5, 0.6) is 0 Å². The van der Waals surface area contributed by atoms with Crippen LogP contribution in [-0.4, -0.2) is 47.1 Å². The van der Waals surface area contributed by atoms with Crippen molar-refractivity contribution in [2.45, 2.75) is 66.9 Å². The first kappa shape index (κ1) is 36.2. The fourth-order valence-electron chi connectivity index (χ4n) is 3.18. The molecule has 1 amide bonds. The zero-order valence-corrected chi connectivity index (χ0v) is 25.6. The number of benzene rings is 2. The molecule has 0 heterocycles. The molecule has 0 spiro atoms. The van der Waals surface area contributed by atoms with E-state index >= 15 is 0 Å². The van der Waals surface area contributed by atoms with Crippen LogP contribution in [0.1, 0.15) is 56.9 Å². The van der Waals surface area contributed by atoms with E-state index < -0.39 is 29.3 Å². The zero-order valence-electron chi connectivity index (χ0n) is 25.6. The maximum absolute atomic E-state index is 12.0. The SMILES string of the molecule is CCOC(=O)C(N=N)=C(O)Cc1ccc(C)cc1.CCOC(=O)C(N=NC(=O)OC(C)(C)C)=C(O)Cc1ccc(C)cc1. The maximum Gasteiger partial charge on any atom is 0.452 e. The molecular weight excluding hydrogens is 556 g/mol. The number of azo groups is 1. The molecule has 2 aromatic rings. The van der Waals surface area contributed by atoms with Gasteiger partial charge in [-0.15, -0.1) is 10.2 Å². The number of aryl methyl sites for hydroxylation is 2. The summed E-state index contributed by atoms with van der Waals surface area (Å²) in [5, 5.41) is 29.9. The molecule has 232 valence electrons. The summed E-state index contributed by atoms with van der Waals surface area (Å²) in [5.74, 6) is -2.24. The minimum atomic E-state index is -0.961. The van der Waals surface area contributed by atoms with Crippen molar-refractivity contribution in [1.82, 2.24) is 0 Å². The van der Waals surface area contributed by atoms with Crippen molar-refractivity contribution in [1.29, 1.82) is 5.53 Å². The quantitative estimate of drug-likeness (QED) is 0.0849. The van der Waals surface area contributed by atoms with Crippen molar-refractivity contribution in [2.75, 3.05) is 13.2 Å². The zero-order chi connectivity index (χ0) is 32.6. The van der Waals surface area contributed by atoms with Gasteiger partial charge in [0.1, 0.15) is 17.1 Å². The Morgan fingerprint density at radius 1 is 0.721 bits per heavy atom. The third kappa shape index (κ3) is 14.0. The lowest BCUT2D eigenvalue weighted by atomic mass is 10.1. The predicted octanol–water partition coefficient (Wildman–Crippen LogP) is 7.16. The van der Waals surface area contributed by atoms with Gasteiger partial charge in [0.25, 0.3) is 0 Å². The second kappa shape index (κ2) is 17.8. The Morgan fingerprint density at radius 2 is 1.12 bits per heavy atom. The molecule has 0 saturated heterocycles. The summed E-state index contributed by atoms with van der Waals surface area (Å²) in [6, 6.07) is 14.9. The molecule has 0 radical (unpaired) electrons. The summed E-state index contributed by atoms with van der Waals surface area (Å²) >= 11 is 0. The summed E-state index contributed by atoms with van der Waals surface area (Å²) in [6.07, 6.45) is -0.754. The van der Waals surface area contributed by atoms with Crippen LogP contribution in [-0.2, 0) is 36.6 Å². The van der Waals surface area contributed by atoms with Gasteiger partial charge in [-0.05, 0) is 59.6 Å². The Kier molecular flexibility index (Phi) is 15.0. The maximum atomic E-state index is 12.0. The Hall–Kier alpha value is -4.87. The van der Waals surface area contributed by atoms with Gasteiger partial charge in [-0.2, -0.15) is 0 Å². The standard InChI is InChI=1S/C18H24N2O5.C13H16N2O3/c1-6-24-16(22)15(19-20-17(23)25-18(3,4)5)14(21)11-13-9-7-12(2)8-10-13;1-3-18-13(17)12(15-14)11(16)8-10-6-4-9(2)5-7-10/h7-10,21H,6,11H2,1-5H3;4-7,14,16H,3,8H2,1-2H3. The molecule has 43 heavy (non-hydrogen) atoms. The molecule has 12 nitrogen and oxygen atoms in total. The second-order valence-corrected chi connectivity index (χ2v) is 10.1. The number of carbonyl (C=O) groups excluding carboxylic acids is 3. The van der Waals surface area contributed by atoms with Crippen LogP contribution in [0, 0.1) is 19.4 Å². The molecule has 3 N–H and O–H groups in total. The van der Waals surface area contributed by atoms with Crippen molar-refractivity contribution in [3.63, 3.8) is 0 Å². The molecule has 12 heteroatoms. The molecule has 0 saturated carbocycles. The predicted molar refractivity (Wildman–Crippen MR) is 159 cm³/mol. The molecule has 0 atom stereocenters. The fourth-order valence-corrected chi connectivity index (χ4v) is 3.18. The monoisotopic (exact) mass is 596 g/mol. The van der Waals surface area contributed by atoms with E-state index in [0.29, 0.717) is 0 Å². The molecule has 0 unspecified atom stereocenters. The average Bonchev–Trinajstić information content (AvgIpc) is 2.91. The van der Waals surface area contributed by atoms with Crippen LogP contribution < -0.4 is 0 Å². The molecule has 0 aromatic heterocycles. The van der Waals surface area contributed by atoms with Gasteiger partial charge in [0.05, 0.1) is 13.2 Å². The van der Waals surface area contributed by atoms with E-state index in [1.54, 1.807) is 34.6 Å². The van der Waals surface area contributed by atoms with Crippen molar-refractivity contribution in [2.24, 2.45) is 15.3 Å². The first-order chi connectivity index (χ1) is 20.2. The summed E-state index contributed by atoms with van der Waals surface area (Å²) in [6.45, 7) is 12.5. The van der Waals surface area contributed by atoms with E-state index in [2.05, 4.69) is 15.3 Å². The summed E-state index contributed by atoms with van der Waals surface area (Å²) in [4.78, 5) is 35.0. The van der Waals surface area contributed by atoms with E-state index in [0.717, 1.165) is 22.3 Å². The number of allylic oxidation sites excluding steroid dienone is 2. The van der Waals surface area contributed by atoms with Crippen LogP contribution in [0.15, 0.2) is 86.8 Å². The molecule has 0 aliphatic rings. The van der Waals surface area contributed by atoms with E-state index in [-0.39, 0.29) is 43.3 Å². The second-order valence-electron chi connectivity index (χ2n) is 10.1. The Labute approximate surface area is 251 Å². The summed E-state index contributed by atoms with van der Waals surface area (Å²) in [5.41, 5.74) is 9.18. The van der Waals surface area contributed by atoms with Crippen molar-refractivity contribution >= 4 is 18.0 Å². The lowest BCUT2D eigenvalue weighted by molar-refractivity contribution is -0.139. The van der Waals surface area contributed by atoms with Crippen molar-refractivity contribution in [3.8, 4) is 0 Å². The average molecular weight is 597 g/mol. The summed E-state index contributed by atoms with van der Waals surface area (Å²) in [7, 11) is 0. The minimum Gasteiger partial charge on any atom is -0.509 e. The molecular formula is C31H40N4O8. The molecule has 0 aliphatic heterocycles. The minimum absolute atomic E-state index is 0.0573. The van der Waals surface area contributed by atoms with Crippen molar-refractivity contribution in [3.05, 3.63) is 93.7 Å². The third-order valence-corrected chi connectivity index (χ3v) is 5.21. The fraction of sp³-hybridized carbons (Fsp3) is 0.387. The van der Waals surface area contributed by atoms with Crippen LogP contribution >= 0.6 is 0 Å². The van der Waals surface area contributed by atoms with Crippen LogP contribution in [0.25, 0.3) is 0 Å². The first-order valence-electron chi connectivity index (χ1n) is 13.5. The number of nitrogens with zero attached hydrogens (tertiary/aromatic N) is 3. The first-order valence-corrected chi connectivity index (χ1v) is 13.5. The number of rotatable bonds is 10. The highest BCUT2D eigenvalue weighted by atomic mass is 16.6. The van der Waals surface area contributed by atoms with E-state index in [1.165, 1.54) is 0 Å². The lowest BCUT2D eigenvalue weighted by Crippen LogP contribution is -2.21. The van der Waals surface area contributed by atoms with Gasteiger partial charge >= 0.3 is 18.0 Å². The Balaban J connectivity index is 0.000000453. The van der Waals surface area contributed by atoms with Gasteiger partial charge in [0, 0.05) is 12.8 Å². The topological polar surface area (TPSA) is 180 Å². The number of aliphatic hydroxyl groups is 2. The van der Waals surface area contributed by atoms with E-state index in [9.17, 15) is 24.6 Å². The molecule has 2 aromatic carbocycles.